The third-order valence-electron chi connectivity index (χ3n) is 4.09. The molecule has 0 N–H and O–H groups in total. The highest BCUT2D eigenvalue weighted by Crippen LogP contribution is 2.31. The Morgan fingerprint density at radius 3 is 2.70 bits per heavy atom. The molecule has 30 heavy (non-hydrogen) atoms. The molecule has 2 heterocycles. The van der Waals surface area contributed by atoms with Crippen LogP contribution in [0.25, 0.3) is 6.08 Å². The van der Waals surface area contributed by atoms with E-state index < -0.39 is 23.5 Å². The highest BCUT2D eigenvalue weighted by atomic mass is 32.1. The first-order valence-electron chi connectivity index (χ1n) is 8.71. The molecule has 0 aliphatic carbocycles. The monoisotopic (exact) mass is 425 g/mol. The van der Waals surface area contributed by atoms with Gasteiger partial charge < -0.3 is 4.74 Å². The zero-order chi connectivity index (χ0) is 21.3. The van der Waals surface area contributed by atoms with E-state index in [2.05, 4.69) is 9.98 Å². The van der Waals surface area contributed by atoms with Crippen molar-refractivity contribution in [2.24, 2.45) is 4.99 Å². The van der Waals surface area contributed by atoms with E-state index in [1.54, 1.807) is 17.5 Å². The Bertz CT molecular complexity index is 1220. The third-order valence-corrected chi connectivity index (χ3v) is 4.93. The number of hydrogen-bond acceptors (Lipinski definition) is 6. The molecular formula is C21H13F2N3O3S. The first kappa shape index (κ1) is 19.6. The lowest BCUT2D eigenvalue weighted by atomic mass is 10.2. The van der Waals surface area contributed by atoms with E-state index in [0.717, 1.165) is 16.2 Å². The maximum atomic E-state index is 14.2. The van der Waals surface area contributed by atoms with Crippen LogP contribution >= 0.6 is 11.3 Å². The second kappa shape index (κ2) is 7.96. The number of cyclic esters (lactones) is 1. The predicted molar refractivity (Wildman–Crippen MR) is 108 cm³/mol. The van der Waals surface area contributed by atoms with Crippen molar-refractivity contribution in [3.8, 4) is 0 Å². The smallest absolute Gasteiger partial charge is 0.363 e. The molecule has 0 saturated carbocycles. The van der Waals surface area contributed by atoms with Crippen LogP contribution in [0.1, 0.15) is 18.2 Å². The quantitative estimate of drug-likeness (QED) is 0.457. The molecule has 1 aliphatic heterocycles. The van der Waals surface area contributed by atoms with E-state index in [-0.39, 0.29) is 22.4 Å². The van der Waals surface area contributed by atoms with Gasteiger partial charge in [0.15, 0.2) is 10.8 Å². The minimum absolute atomic E-state index is 0.0158. The summed E-state index contributed by atoms with van der Waals surface area (Å²) in [5.41, 5.74) is 0.721. The number of esters is 1. The number of thiazole rings is 1. The number of benzene rings is 2. The van der Waals surface area contributed by atoms with Gasteiger partial charge in [0.25, 0.3) is 0 Å². The van der Waals surface area contributed by atoms with Crippen LogP contribution in [-0.4, -0.2) is 22.8 Å². The minimum Gasteiger partial charge on any atom is -0.402 e. The van der Waals surface area contributed by atoms with Gasteiger partial charge in [-0.3, -0.25) is 9.69 Å². The van der Waals surface area contributed by atoms with Crippen LogP contribution in [0.3, 0.4) is 0 Å². The van der Waals surface area contributed by atoms with Gasteiger partial charge in [0.2, 0.25) is 11.8 Å². The van der Waals surface area contributed by atoms with Gasteiger partial charge in [-0.25, -0.2) is 23.6 Å². The lowest BCUT2D eigenvalue weighted by Gasteiger charge is -2.18. The maximum absolute atomic E-state index is 14.2. The lowest BCUT2D eigenvalue weighted by Crippen LogP contribution is -2.23. The molecule has 4 rings (SSSR count). The number of anilines is 2. The molecule has 1 aliphatic rings. The van der Waals surface area contributed by atoms with Crippen LogP contribution in [0.4, 0.5) is 19.6 Å². The highest BCUT2D eigenvalue weighted by molar-refractivity contribution is 7.14. The summed E-state index contributed by atoms with van der Waals surface area (Å²) in [6.07, 6.45) is 1.38. The number of nitrogens with zero attached hydrogens (tertiary/aromatic N) is 3. The van der Waals surface area contributed by atoms with E-state index >= 15 is 0 Å². The number of hydrogen-bond donors (Lipinski definition) is 0. The summed E-state index contributed by atoms with van der Waals surface area (Å²) >= 11 is 1.11. The fourth-order valence-electron chi connectivity index (χ4n) is 2.78. The average Bonchev–Trinajstić information content (AvgIpc) is 3.31. The van der Waals surface area contributed by atoms with Crippen LogP contribution < -0.4 is 4.90 Å². The summed E-state index contributed by atoms with van der Waals surface area (Å²) in [4.78, 5) is 33.8. The van der Waals surface area contributed by atoms with Crippen molar-refractivity contribution in [2.45, 2.75) is 6.92 Å². The molecule has 0 atom stereocenters. The van der Waals surface area contributed by atoms with Crippen LogP contribution in [-0.2, 0) is 14.3 Å². The van der Waals surface area contributed by atoms with Gasteiger partial charge in [-0.1, -0.05) is 18.2 Å². The van der Waals surface area contributed by atoms with Crippen molar-refractivity contribution in [2.75, 3.05) is 4.90 Å². The van der Waals surface area contributed by atoms with Crippen LogP contribution in [0.2, 0.25) is 0 Å². The summed E-state index contributed by atoms with van der Waals surface area (Å²) in [7, 11) is 0. The van der Waals surface area contributed by atoms with Crippen molar-refractivity contribution in [3.05, 3.63) is 82.5 Å². The number of aliphatic imine (C=N–C) groups is 1. The molecule has 3 aromatic rings. The van der Waals surface area contributed by atoms with E-state index in [0.29, 0.717) is 11.3 Å². The van der Waals surface area contributed by atoms with Gasteiger partial charge in [-0.15, -0.1) is 11.3 Å². The maximum Gasteiger partial charge on any atom is 0.363 e. The molecule has 6 nitrogen and oxygen atoms in total. The number of rotatable bonds is 4. The van der Waals surface area contributed by atoms with Crippen molar-refractivity contribution in [1.29, 1.82) is 0 Å². The van der Waals surface area contributed by atoms with E-state index in [1.807, 2.05) is 0 Å². The predicted octanol–water partition coefficient (Wildman–Crippen LogP) is 4.45. The standard InChI is InChI=1S/C21H13F2N3O3S/c1-12(27)26(18-8-3-2-7-16(18)23)21-24-15(11-30-21)10-17-20(28)29-19(25-17)13-5-4-6-14(22)9-13/h2-11H,1H3/b17-10+. The SMILES string of the molecule is CC(=O)N(c1nc(/C=C2/N=C(c3cccc(F)c3)OC2=O)cs1)c1ccccc1F. The third kappa shape index (κ3) is 3.87. The number of aromatic nitrogens is 1. The van der Waals surface area contributed by atoms with Gasteiger partial charge in [0, 0.05) is 17.9 Å². The first-order valence-corrected chi connectivity index (χ1v) is 9.59. The van der Waals surface area contributed by atoms with Gasteiger partial charge >= 0.3 is 5.97 Å². The Morgan fingerprint density at radius 2 is 1.97 bits per heavy atom. The first-order chi connectivity index (χ1) is 14.4. The van der Waals surface area contributed by atoms with Crippen molar-refractivity contribution in [3.63, 3.8) is 0 Å². The number of para-hydroxylation sites is 1. The number of carbonyl (C=O) groups excluding carboxylic acids is 2. The Kier molecular flexibility index (Phi) is 5.20. The topological polar surface area (TPSA) is 71.9 Å². The largest absolute Gasteiger partial charge is 0.402 e. The summed E-state index contributed by atoms with van der Waals surface area (Å²) in [6, 6.07) is 11.4. The zero-order valence-corrected chi connectivity index (χ0v) is 16.3. The molecule has 1 aromatic heterocycles. The summed E-state index contributed by atoms with van der Waals surface area (Å²) < 4.78 is 32.7. The molecule has 0 bridgehead atoms. The number of halogens is 2. The molecule has 0 spiro atoms. The molecule has 0 unspecified atom stereocenters. The molecule has 0 saturated heterocycles. The Labute approximate surface area is 173 Å². The number of amides is 1. The fourth-order valence-corrected chi connectivity index (χ4v) is 3.62. The summed E-state index contributed by atoms with van der Waals surface area (Å²) in [5.74, 6) is -2.18. The van der Waals surface area contributed by atoms with Gasteiger partial charge in [0.1, 0.15) is 11.6 Å². The summed E-state index contributed by atoms with van der Waals surface area (Å²) in [5, 5.41) is 1.84. The number of ether oxygens (including phenoxy) is 1. The molecule has 9 heteroatoms. The average molecular weight is 425 g/mol. The van der Waals surface area contributed by atoms with Crippen molar-refractivity contribution >= 4 is 46.0 Å². The number of carbonyl (C=O) groups is 2. The lowest BCUT2D eigenvalue weighted by molar-refractivity contribution is -0.130. The molecule has 0 fully saturated rings. The van der Waals surface area contributed by atoms with Crippen LogP contribution in [0.5, 0.6) is 0 Å². The molecule has 0 radical (unpaired) electrons. The minimum atomic E-state index is -0.707. The van der Waals surface area contributed by atoms with Gasteiger partial charge in [-0.05, 0) is 36.4 Å². The van der Waals surface area contributed by atoms with Crippen LogP contribution in [0.15, 0.2) is 64.6 Å². The van der Waals surface area contributed by atoms with Gasteiger partial charge in [0.05, 0.1) is 11.4 Å². The van der Waals surface area contributed by atoms with Crippen molar-refractivity contribution in [1.82, 2.24) is 4.98 Å². The molecule has 2 aromatic carbocycles. The second-order valence-electron chi connectivity index (χ2n) is 6.21. The Balaban J connectivity index is 1.65. The van der Waals surface area contributed by atoms with E-state index in [1.165, 1.54) is 49.4 Å². The molecular weight excluding hydrogens is 412 g/mol. The second-order valence-corrected chi connectivity index (χ2v) is 7.04. The Morgan fingerprint density at radius 1 is 1.17 bits per heavy atom. The van der Waals surface area contributed by atoms with E-state index in [4.69, 9.17) is 4.74 Å². The van der Waals surface area contributed by atoms with E-state index in [9.17, 15) is 18.4 Å². The fraction of sp³-hybridized carbons (Fsp3) is 0.0476. The van der Waals surface area contributed by atoms with Gasteiger partial charge in [-0.2, -0.15) is 0 Å². The normalized spacial score (nSPS) is 14.6. The molecule has 150 valence electrons. The zero-order valence-electron chi connectivity index (χ0n) is 15.5. The highest BCUT2D eigenvalue weighted by Gasteiger charge is 2.25. The molecule has 1 amide bonds. The van der Waals surface area contributed by atoms with Crippen molar-refractivity contribution < 1.29 is 23.1 Å². The van der Waals surface area contributed by atoms with Crippen LogP contribution in [0, 0.1) is 11.6 Å². The summed E-state index contributed by atoms with van der Waals surface area (Å²) in [6.45, 7) is 1.30. The Hall–Kier alpha value is -3.72.